The molecule has 0 radical (unpaired) electrons. The minimum Gasteiger partial charge on any atom is -0.478 e. The van der Waals surface area contributed by atoms with Crippen molar-refractivity contribution in [1.29, 1.82) is 0 Å². The zero-order valence-corrected chi connectivity index (χ0v) is 10.4. The van der Waals surface area contributed by atoms with Gasteiger partial charge in [0.15, 0.2) is 0 Å². The Kier molecular flexibility index (Phi) is 2.98. The number of urea groups is 1. The lowest BCUT2D eigenvalue weighted by Gasteiger charge is -2.13. The summed E-state index contributed by atoms with van der Waals surface area (Å²) in [7, 11) is 0. The Balaban J connectivity index is 2.03. The van der Waals surface area contributed by atoms with Crippen molar-refractivity contribution in [3.05, 3.63) is 29.3 Å². The molecular formula is C13H16N2O3. The number of nitrogens with one attached hydrogen (secondary N) is 2. The number of amides is 2. The molecule has 5 heteroatoms. The van der Waals surface area contributed by atoms with Gasteiger partial charge in [-0.3, -0.25) is 0 Å². The highest BCUT2D eigenvalue weighted by Crippen LogP contribution is 2.34. The van der Waals surface area contributed by atoms with Crippen LogP contribution in [0.3, 0.4) is 0 Å². The number of carboxylic acid groups (broad SMARTS) is 1. The number of carbonyl (C=O) groups excluding carboxylic acids is 1. The lowest BCUT2D eigenvalue weighted by atomic mass is 10.1. The number of hydrogen-bond acceptors (Lipinski definition) is 2. The largest absolute Gasteiger partial charge is 0.478 e. The third kappa shape index (κ3) is 2.80. The second kappa shape index (κ2) is 4.33. The van der Waals surface area contributed by atoms with Crippen molar-refractivity contribution in [1.82, 2.24) is 5.32 Å². The molecule has 2 rings (SSSR count). The molecule has 1 aromatic rings. The van der Waals surface area contributed by atoms with Gasteiger partial charge in [0.25, 0.3) is 0 Å². The quantitative estimate of drug-likeness (QED) is 0.768. The van der Waals surface area contributed by atoms with Crippen LogP contribution in [0.4, 0.5) is 10.5 Å². The highest BCUT2D eigenvalue weighted by atomic mass is 16.4. The number of aryl methyl sites for hydroxylation is 1. The van der Waals surface area contributed by atoms with E-state index in [1.54, 1.807) is 19.1 Å². The number of anilines is 1. The zero-order valence-electron chi connectivity index (χ0n) is 10.4. The first-order chi connectivity index (χ1) is 8.39. The summed E-state index contributed by atoms with van der Waals surface area (Å²) in [4.78, 5) is 22.5. The summed E-state index contributed by atoms with van der Waals surface area (Å²) in [6.45, 7) is 3.69. The third-order valence-electron chi connectivity index (χ3n) is 3.13. The topological polar surface area (TPSA) is 78.4 Å². The molecule has 0 saturated heterocycles. The van der Waals surface area contributed by atoms with Crippen LogP contribution in [0.25, 0.3) is 0 Å². The van der Waals surface area contributed by atoms with E-state index in [1.807, 2.05) is 6.92 Å². The van der Waals surface area contributed by atoms with Crippen LogP contribution >= 0.6 is 0 Å². The maximum absolute atomic E-state index is 11.7. The van der Waals surface area contributed by atoms with Gasteiger partial charge in [-0.15, -0.1) is 0 Å². The Labute approximate surface area is 105 Å². The van der Waals surface area contributed by atoms with E-state index in [0.29, 0.717) is 11.3 Å². The van der Waals surface area contributed by atoms with Crippen molar-refractivity contribution in [3.8, 4) is 0 Å². The van der Waals surface area contributed by atoms with E-state index in [1.165, 1.54) is 6.07 Å². The van der Waals surface area contributed by atoms with Gasteiger partial charge in [-0.05, 0) is 50.5 Å². The predicted molar refractivity (Wildman–Crippen MR) is 67.9 cm³/mol. The summed E-state index contributed by atoms with van der Waals surface area (Å²) in [6, 6.07) is 4.48. The number of hydrogen-bond donors (Lipinski definition) is 3. The van der Waals surface area contributed by atoms with Gasteiger partial charge in [-0.2, -0.15) is 0 Å². The number of benzene rings is 1. The van der Waals surface area contributed by atoms with Crippen LogP contribution < -0.4 is 10.6 Å². The lowest BCUT2D eigenvalue weighted by molar-refractivity contribution is 0.0696. The second-order valence-electron chi connectivity index (χ2n) is 4.97. The smallest absolute Gasteiger partial charge is 0.335 e. The van der Waals surface area contributed by atoms with Crippen LogP contribution in [-0.2, 0) is 0 Å². The van der Waals surface area contributed by atoms with Crippen LogP contribution in [0.2, 0.25) is 0 Å². The van der Waals surface area contributed by atoms with Gasteiger partial charge in [0.2, 0.25) is 0 Å². The van der Waals surface area contributed by atoms with E-state index in [9.17, 15) is 9.59 Å². The molecule has 96 valence electrons. The average Bonchev–Trinajstić information content (AvgIpc) is 2.94. The molecule has 0 bridgehead atoms. The summed E-state index contributed by atoms with van der Waals surface area (Å²) >= 11 is 0. The minimum atomic E-state index is -0.964. The van der Waals surface area contributed by atoms with Crippen molar-refractivity contribution < 1.29 is 14.7 Å². The molecule has 1 aliphatic rings. The molecule has 1 aromatic carbocycles. The molecule has 18 heavy (non-hydrogen) atoms. The van der Waals surface area contributed by atoms with Gasteiger partial charge in [-0.1, -0.05) is 0 Å². The van der Waals surface area contributed by atoms with Crippen molar-refractivity contribution >= 4 is 17.7 Å². The van der Waals surface area contributed by atoms with E-state index in [4.69, 9.17) is 5.11 Å². The molecule has 0 aromatic heterocycles. The fourth-order valence-electron chi connectivity index (χ4n) is 1.73. The first-order valence-electron chi connectivity index (χ1n) is 5.83. The summed E-state index contributed by atoms with van der Waals surface area (Å²) in [6.07, 6.45) is 1.99. The standard InChI is InChI=1S/C13H16N2O3/c1-8-7-9(3-4-10(8)11(16)17)14-12(18)15-13(2)5-6-13/h3-4,7H,5-6H2,1-2H3,(H,16,17)(H2,14,15,18). The highest BCUT2D eigenvalue weighted by Gasteiger charge is 2.38. The maximum Gasteiger partial charge on any atom is 0.335 e. The first kappa shape index (κ1) is 12.4. The van der Waals surface area contributed by atoms with Gasteiger partial charge in [-0.25, -0.2) is 9.59 Å². The van der Waals surface area contributed by atoms with Gasteiger partial charge < -0.3 is 15.7 Å². The average molecular weight is 248 g/mol. The fraction of sp³-hybridized carbons (Fsp3) is 0.385. The van der Waals surface area contributed by atoms with E-state index in [0.717, 1.165) is 12.8 Å². The summed E-state index contributed by atoms with van der Waals surface area (Å²) in [5.41, 5.74) is 1.40. The van der Waals surface area contributed by atoms with Crippen LogP contribution in [-0.4, -0.2) is 22.6 Å². The molecule has 0 heterocycles. The Hall–Kier alpha value is -2.04. The predicted octanol–water partition coefficient (Wildman–Crippen LogP) is 2.37. The van der Waals surface area contributed by atoms with Gasteiger partial charge in [0.05, 0.1) is 5.56 Å². The van der Waals surface area contributed by atoms with E-state index < -0.39 is 5.97 Å². The molecule has 0 spiro atoms. The van der Waals surface area contributed by atoms with Crippen LogP contribution in [0.15, 0.2) is 18.2 Å². The van der Waals surface area contributed by atoms with E-state index in [-0.39, 0.29) is 17.1 Å². The second-order valence-corrected chi connectivity index (χ2v) is 4.97. The summed E-state index contributed by atoms with van der Waals surface area (Å²) in [5, 5.41) is 14.5. The van der Waals surface area contributed by atoms with E-state index >= 15 is 0 Å². The SMILES string of the molecule is Cc1cc(NC(=O)NC2(C)CC2)ccc1C(=O)O. The van der Waals surface area contributed by atoms with Gasteiger partial charge in [0, 0.05) is 11.2 Å². The number of carbonyl (C=O) groups is 2. The first-order valence-corrected chi connectivity index (χ1v) is 5.83. The molecule has 3 N–H and O–H groups in total. The monoisotopic (exact) mass is 248 g/mol. The highest BCUT2D eigenvalue weighted by molar-refractivity contribution is 5.93. The molecule has 2 amide bonds. The zero-order chi connectivity index (χ0) is 13.3. The van der Waals surface area contributed by atoms with Crippen molar-refractivity contribution in [2.45, 2.75) is 32.2 Å². The Morgan fingerprint density at radius 3 is 2.50 bits per heavy atom. The molecule has 0 unspecified atom stereocenters. The molecule has 0 atom stereocenters. The maximum atomic E-state index is 11.7. The Bertz CT molecular complexity index is 507. The summed E-state index contributed by atoms with van der Waals surface area (Å²) < 4.78 is 0. The van der Waals surface area contributed by atoms with Gasteiger partial charge >= 0.3 is 12.0 Å². The fourth-order valence-corrected chi connectivity index (χ4v) is 1.73. The lowest BCUT2D eigenvalue weighted by Crippen LogP contribution is -2.37. The van der Waals surface area contributed by atoms with Crippen LogP contribution in [0.1, 0.15) is 35.7 Å². The Morgan fingerprint density at radius 2 is 2.00 bits per heavy atom. The number of aromatic carboxylic acids is 1. The molecular weight excluding hydrogens is 232 g/mol. The Morgan fingerprint density at radius 1 is 1.33 bits per heavy atom. The minimum absolute atomic E-state index is 0.0693. The van der Waals surface area contributed by atoms with Crippen molar-refractivity contribution in [2.24, 2.45) is 0 Å². The van der Waals surface area contributed by atoms with Crippen molar-refractivity contribution in [2.75, 3.05) is 5.32 Å². The third-order valence-corrected chi connectivity index (χ3v) is 3.13. The van der Waals surface area contributed by atoms with E-state index in [2.05, 4.69) is 10.6 Å². The van der Waals surface area contributed by atoms with Crippen molar-refractivity contribution in [3.63, 3.8) is 0 Å². The van der Waals surface area contributed by atoms with Crippen LogP contribution in [0.5, 0.6) is 0 Å². The normalized spacial score (nSPS) is 15.9. The molecule has 1 fully saturated rings. The number of carboxylic acids is 1. The molecule has 1 aliphatic carbocycles. The summed E-state index contributed by atoms with van der Waals surface area (Å²) in [5.74, 6) is -0.964. The molecule has 0 aliphatic heterocycles. The molecule has 1 saturated carbocycles. The van der Waals surface area contributed by atoms with Crippen LogP contribution in [0, 0.1) is 6.92 Å². The molecule has 5 nitrogen and oxygen atoms in total. The number of rotatable bonds is 3. The van der Waals surface area contributed by atoms with Gasteiger partial charge in [0.1, 0.15) is 0 Å².